The summed E-state index contributed by atoms with van der Waals surface area (Å²) in [6.07, 6.45) is 2.87. The van der Waals surface area contributed by atoms with Gasteiger partial charge in [-0.2, -0.15) is 0 Å². The van der Waals surface area contributed by atoms with Crippen LogP contribution in [0.15, 0.2) is 27.0 Å². The predicted octanol–water partition coefficient (Wildman–Crippen LogP) is -1.06. The molecule has 2 unspecified atom stereocenters. The molecule has 0 N–H and O–H groups in total. The summed E-state index contributed by atoms with van der Waals surface area (Å²) in [5.74, 6) is 0. The van der Waals surface area contributed by atoms with Crippen molar-refractivity contribution >= 4 is 0 Å². The molecule has 2 aliphatic rings. The van der Waals surface area contributed by atoms with Crippen LogP contribution in [0.3, 0.4) is 0 Å². The molecule has 8 nitrogen and oxygen atoms in total. The lowest BCUT2D eigenvalue weighted by atomic mass is 10.3. The predicted molar refractivity (Wildman–Crippen MR) is 78.1 cm³/mol. The van der Waals surface area contributed by atoms with Gasteiger partial charge >= 0.3 is 17.1 Å². The molecule has 2 aliphatic heterocycles. The van der Waals surface area contributed by atoms with E-state index >= 15 is 0 Å². The van der Waals surface area contributed by atoms with Gasteiger partial charge in [0, 0.05) is 13.1 Å². The van der Waals surface area contributed by atoms with Gasteiger partial charge in [-0.05, 0) is 12.8 Å². The molecule has 1 aromatic rings. The molecule has 8 heteroatoms. The number of epoxide rings is 2. The summed E-state index contributed by atoms with van der Waals surface area (Å²) in [4.78, 5) is 37.1. The number of hydrogen-bond acceptors (Lipinski definition) is 5. The minimum Gasteiger partial charge on any atom is -0.373 e. The van der Waals surface area contributed by atoms with Crippen LogP contribution in [0.5, 0.6) is 0 Å². The SMILES string of the molecule is C=CCn1c(=O)n(CCC2CO2)c(=O)n(CCC2CO2)c1=O. The van der Waals surface area contributed by atoms with E-state index in [1.54, 1.807) is 0 Å². The summed E-state index contributed by atoms with van der Waals surface area (Å²) in [5, 5.41) is 0. The van der Waals surface area contributed by atoms with Crippen LogP contribution in [0.1, 0.15) is 12.8 Å². The van der Waals surface area contributed by atoms with Crippen molar-refractivity contribution < 1.29 is 9.47 Å². The molecule has 0 spiro atoms. The van der Waals surface area contributed by atoms with Gasteiger partial charge in [0.25, 0.3) is 0 Å². The van der Waals surface area contributed by atoms with Crippen LogP contribution in [0.4, 0.5) is 0 Å². The van der Waals surface area contributed by atoms with Gasteiger partial charge in [0.05, 0.1) is 32.0 Å². The van der Waals surface area contributed by atoms with Crippen molar-refractivity contribution in [2.75, 3.05) is 13.2 Å². The normalized spacial score (nSPS) is 22.5. The largest absolute Gasteiger partial charge is 0.373 e. The minimum absolute atomic E-state index is 0.0812. The van der Waals surface area contributed by atoms with Gasteiger partial charge in [0.2, 0.25) is 0 Å². The molecule has 0 amide bonds. The Kier molecular flexibility index (Phi) is 4.12. The monoisotopic (exact) mass is 309 g/mol. The molecule has 2 atom stereocenters. The zero-order valence-corrected chi connectivity index (χ0v) is 12.3. The highest BCUT2D eigenvalue weighted by atomic mass is 16.6. The smallest absolute Gasteiger partial charge is 0.336 e. The van der Waals surface area contributed by atoms with Crippen molar-refractivity contribution in [3.8, 4) is 0 Å². The number of aromatic nitrogens is 3. The molecule has 0 saturated carbocycles. The molecule has 0 bridgehead atoms. The summed E-state index contributed by atoms with van der Waals surface area (Å²) >= 11 is 0. The van der Waals surface area contributed by atoms with Gasteiger partial charge in [-0.15, -0.1) is 6.58 Å². The molecule has 3 rings (SSSR count). The Bertz CT molecular complexity index is 682. The third kappa shape index (κ3) is 3.12. The van der Waals surface area contributed by atoms with E-state index in [4.69, 9.17) is 9.47 Å². The third-order valence-electron chi connectivity index (χ3n) is 3.85. The van der Waals surface area contributed by atoms with Crippen LogP contribution in [0.25, 0.3) is 0 Å². The molecule has 0 aliphatic carbocycles. The van der Waals surface area contributed by atoms with Gasteiger partial charge in [-0.25, -0.2) is 28.1 Å². The lowest BCUT2D eigenvalue weighted by Crippen LogP contribution is -2.54. The van der Waals surface area contributed by atoms with Crippen molar-refractivity contribution in [3.05, 3.63) is 44.1 Å². The molecule has 0 radical (unpaired) electrons. The number of nitrogens with zero attached hydrogens (tertiary/aromatic N) is 3. The average molecular weight is 309 g/mol. The van der Waals surface area contributed by atoms with Crippen LogP contribution in [-0.4, -0.2) is 39.1 Å². The molecular formula is C14H19N3O5. The van der Waals surface area contributed by atoms with E-state index in [1.807, 2.05) is 0 Å². The first-order chi connectivity index (χ1) is 10.6. The van der Waals surface area contributed by atoms with Gasteiger partial charge in [0.15, 0.2) is 0 Å². The van der Waals surface area contributed by atoms with Crippen LogP contribution < -0.4 is 17.1 Å². The maximum Gasteiger partial charge on any atom is 0.336 e. The lowest BCUT2D eigenvalue weighted by Gasteiger charge is -2.12. The number of ether oxygens (including phenoxy) is 2. The molecule has 0 aromatic carbocycles. The number of allylic oxidation sites excluding steroid dienone is 1. The van der Waals surface area contributed by atoms with E-state index in [0.29, 0.717) is 26.1 Å². The zero-order valence-electron chi connectivity index (χ0n) is 12.3. The summed E-state index contributed by atoms with van der Waals surface area (Å²) in [6, 6.07) is 0. The van der Waals surface area contributed by atoms with Crippen LogP contribution in [0, 0.1) is 0 Å². The first kappa shape index (κ1) is 15.0. The van der Waals surface area contributed by atoms with Crippen molar-refractivity contribution in [2.45, 2.75) is 44.7 Å². The fourth-order valence-electron chi connectivity index (χ4n) is 2.37. The topological polar surface area (TPSA) is 91.1 Å². The second-order valence-corrected chi connectivity index (χ2v) is 5.54. The highest BCUT2D eigenvalue weighted by molar-refractivity contribution is 4.84. The maximum atomic E-state index is 12.4. The lowest BCUT2D eigenvalue weighted by molar-refractivity contribution is 0.359. The van der Waals surface area contributed by atoms with Crippen molar-refractivity contribution in [1.82, 2.24) is 13.7 Å². The standard InChI is InChI=1S/C14H19N3O5/c1-2-5-15-12(18)16(6-3-10-8-21-10)14(20)17(13(15)19)7-4-11-9-22-11/h2,10-11H,1,3-9H2. The number of rotatable bonds is 8. The number of hydrogen-bond donors (Lipinski definition) is 0. The van der Waals surface area contributed by atoms with Crippen LogP contribution in [0.2, 0.25) is 0 Å². The van der Waals surface area contributed by atoms with Crippen LogP contribution in [-0.2, 0) is 29.1 Å². The van der Waals surface area contributed by atoms with E-state index in [2.05, 4.69) is 6.58 Å². The Labute approximate surface area is 126 Å². The van der Waals surface area contributed by atoms with Crippen molar-refractivity contribution in [2.24, 2.45) is 0 Å². The fourth-order valence-corrected chi connectivity index (χ4v) is 2.37. The molecule has 22 heavy (non-hydrogen) atoms. The molecule has 3 heterocycles. The van der Waals surface area contributed by atoms with E-state index in [0.717, 1.165) is 13.7 Å². The summed E-state index contributed by atoms with van der Waals surface area (Å²) < 4.78 is 13.5. The van der Waals surface area contributed by atoms with Gasteiger partial charge < -0.3 is 9.47 Å². The molecule has 2 fully saturated rings. The van der Waals surface area contributed by atoms with E-state index < -0.39 is 17.1 Å². The highest BCUT2D eigenvalue weighted by Gasteiger charge is 2.25. The summed E-state index contributed by atoms with van der Waals surface area (Å²) in [7, 11) is 0. The first-order valence-corrected chi connectivity index (χ1v) is 7.40. The Morgan fingerprint density at radius 3 is 1.68 bits per heavy atom. The first-order valence-electron chi connectivity index (χ1n) is 7.40. The van der Waals surface area contributed by atoms with E-state index in [1.165, 1.54) is 6.08 Å². The Hall–Kier alpha value is -1.93. The Morgan fingerprint density at radius 2 is 1.32 bits per heavy atom. The van der Waals surface area contributed by atoms with Gasteiger partial charge in [-0.3, -0.25) is 0 Å². The highest BCUT2D eigenvalue weighted by Crippen LogP contribution is 2.14. The quantitative estimate of drug-likeness (QED) is 0.451. The average Bonchev–Trinajstić information content (AvgIpc) is 3.36. The van der Waals surface area contributed by atoms with Crippen molar-refractivity contribution in [3.63, 3.8) is 0 Å². The van der Waals surface area contributed by atoms with Gasteiger partial charge in [0.1, 0.15) is 0 Å². The Morgan fingerprint density at radius 1 is 0.909 bits per heavy atom. The van der Waals surface area contributed by atoms with E-state index in [9.17, 15) is 14.4 Å². The second kappa shape index (κ2) is 6.05. The zero-order chi connectivity index (χ0) is 15.7. The molecular weight excluding hydrogens is 290 g/mol. The second-order valence-electron chi connectivity index (χ2n) is 5.54. The molecule has 120 valence electrons. The van der Waals surface area contributed by atoms with E-state index in [-0.39, 0.29) is 31.8 Å². The third-order valence-corrected chi connectivity index (χ3v) is 3.85. The fraction of sp³-hybridized carbons (Fsp3) is 0.643. The molecule has 1 aromatic heterocycles. The Balaban J connectivity index is 1.97. The molecule has 2 saturated heterocycles. The maximum absolute atomic E-state index is 12.4. The summed E-state index contributed by atoms with van der Waals surface area (Å²) in [5.41, 5.74) is -1.74. The van der Waals surface area contributed by atoms with Gasteiger partial charge in [-0.1, -0.05) is 6.08 Å². The minimum atomic E-state index is -0.588. The summed E-state index contributed by atoms with van der Waals surface area (Å²) in [6.45, 7) is 5.46. The van der Waals surface area contributed by atoms with Crippen LogP contribution >= 0.6 is 0 Å². The van der Waals surface area contributed by atoms with Crippen molar-refractivity contribution in [1.29, 1.82) is 0 Å².